The van der Waals surface area contributed by atoms with E-state index in [2.05, 4.69) is 42.5 Å². The second-order valence-corrected chi connectivity index (χ2v) is 9.16. The first-order valence-corrected chi connectivity index (χ1v) is 11.0. The third-order valence-corrected chi connectivity index (χ3v) is 7.14. The van der Waals surface area contributed by atoms with Crippen molar-refractivity contribution in [3.05, 3.63) is 83.9 Å². The molecule has 0 aliphatic rings. The first kappa shape index (κ1) is 19.9. The number of ether oxygens (including phenoxy) is 2. The van der Waals surface area contributed by atoms with Crippen molar-refractivity contribution in [1.82, 2.24) is 0 Å². The minimum atomic E-state index is 0.745. The molecule has 0 spiro atoms. The molecule has 0 saturated carbocycles. The molecule has 0 saturated heterocycles. The molecular formula is C24H19ClO2S2. The van der Waals surface area contributed by atoms with Crippen LogP contribution in [0.25, 0.3) is 21.6 Å². The van der Waals surface area contributed by atoms with Crippen molar-refractivity contribution in [1.29, 1.82) is 0 Å². The van der Waals surface area contributed by atoms with Crippen molar-refractivity contribution in [2.24, 2.45) is 0 Å². The Morgan fingerprint density at radius 1 is 0.724 bits per heavy atom. The van der Waals surface area contributed by atoms with Gasteiger partial charge in [-0.15, -0.1) is 11.3 Å². The molecule has 2 nitrogen and oxygen atoms in total. The molecule has 1 aromatic heterocycles. The van der Waals surface area contributed by atoms with Crippen LogP contribution in [-0.4, -0.2) is 14.2 Å². The largest absolute Gasteiger partial charge is 0.497 e. The van der Waals surface area contributed by atoms with Crippen LogP contribution < -0.4 is 9.47 Å². The molecule has 0 amide bonds. The van der Waals surface area contributed by atoms with Gasteiger partial charge in [0.2, 0.25) is 0 Å². The van der Waals surface area contributed by atoms with Gasteiger partial charge in [0.25, 0.3) is 0 Å². The Labute approximate surface area is 184 Å². The number of halogens is 1. The Morgan fingerprint density at radius 2 is 1.28 bits per heavy atom. The molecule has 0 N–H and O–H groups in total. The van der Waals surface area contributed by atoms with Crippen molar-refractivity contribution in [2.75, 3.05) is 14.2 Å². The van der Waals surface area contributed by atoms with Crippen molar-refractivity contribution >= 4 is 34.7 Å². The Bertz CT molecular complexity index is 1090. The lowest BCUT2D eigenvalue weighted by Gasteiger charge is -2.05. The predicted molar refractivity (Wildman–Crippen MR) is 124 cm³/mol. The van der Waals surface area contributed by atoms with E-state index < -0.39 is 0 Å². The van der Waals surface area contributed by atoms with E-state index >= 15 is 0 Å². The van der Waals surface area contributed by atoms with E-state index in [0.29, 0.717) is 0 Å². The predicted octanol–water partition coefficient (Wildman–Crippen LogP) is 7.90. The van der Waals surface area contributed by atoms with Crippen LogP contribution in [-0.2, 0) is 0 Å². The van der Waals surface area contributed by atoms with Gasteiger partial charge in [-0.05, 0) is 77.9 Å². The quantitative estimate of drug-likeness (QED) is 0.304. The van der Waals surface area contributed by atoms with E-state index in [4.69, 9.17) is 21.1 Å². The topological polar surface area (TPSA) is 18.5 Å². The molecule has 0 bridgehead atoms. The fraction of sp³-hybridized carbons (Fsp3) is 0.0833. The lowest BCUT2D eigenvalue weighted by Crippen LogP contribution is -1.82. The Morgan fingerprint density at radius 3 is 1.83 bits per heavy atom. The summed E-state index contributed by atoms with van der Waals surface area (Å²) >= 11 is 9.59. The highest BCUT2D eigenvalue weighted by atomic mass is 35.5. The van der Waals surface area contributed by atoms with E-state index in [1.807, 2.05) is 36.4 Å². The van der Waals surface area contributed by atoms with Gasteiger partial charge in [0.15, 0.2) is 0 Å². The van der Waals surface area contributed by atoms with Crippen LogP contribution in [0.2, 0.25) is 5.02 Å². The van der Waals surface area contributed by atoms with Gasteiger partial charge in [0.05, 0.1) is 18.4 Å². The molecule has 4 rings (SSSR count). The molecule has 1 heterocycles. The maximum atomic E-state index is 6.05. The number of hydrogen-bond donors (Lipinski definition) is 0. The van der Waals surface area contributed by atoms with Crippen molar-refractivity contribution in [3.8, 4) is 33.1 Å². The number of hydrogen-bond acceptors (Lipinski definition) is 4. The zero-order chi connectivity index (χ0) is 20.2. The number of rotatable bonds is 6. The summed E-state index contributed by atoms with van der Waals surface area (Å²) in [6, 6.07) is 26.6. The summed E-state index contributed by atoms with van der Waals surface area (Å²) in [7, 11) is 3.37. The highest BCUT2D eigenvalue weighted by Crippen LogP contribution is 2.45. The molecular weight excluding hydrogens is 420 g/mol. The standard InChI is InChI=1S/C24H19ClO2S2/c1-26-19-9-3-16(4-10-19)22-15-23(17-5-11-20(27-2)12-6-17)29-24(22)28-21-13-7-18(25)8-14-21/h3-15H,1-2H3. The average molecular weight is 439 g/mol. The first-order chi connectivity index (χ1) is 14.2. The molecule has 0 atom stereocenters. The van der Waals surface area contributed by atoms with Gasteiger partial charge in [-0.2, -0.15) is 0 Å². The molecule has 0 aliphatic heterocycles. The lowest BCUT2D eigenvalue weighted by atomic mass is 10.1. The highest BCUT2D eigenvalue weighted by Gasteiger charge is 2.14. The fourth-order valence-electron chi connectivity index (χ4n) is 2.93. The van der Waals surface area contributed by atoms with Crippen LogP contribution in [0.1, 0.15) is 0 Å². The SMILES string of the molecule is COc1ccc(-c2cc(-c3ccc(OC)cc3)c(Sc3ccc(Cl)cc3)s2)cc1. The molecule has 4 aromatic rings. The average Bonchev–Trinajstić information content (AvgIpc) is 3.19. The second kappa shape index (κ2) is 8.95. The molecule has 0 unspecified atom stereocenters. The maximum absolute atomic E-state index is 6.05. The summed E-state index contributed by atoms with van der Waals surface area (Å²) < 4.78 is 11.8. The van der Waals surface area contributed by atoms with E-state index in [1.54, 1.807) is 37.3 Å². The third kappa shape index (κ3) is 4.61. The van der Waals surface area contributed by atoms with E-state index in [1.165, 1.54) is 25.8 Å². The van der Waals surface area contributed by atoms with Crippen LogP contribution in [0.4, 0.5) is 0 Å². The van der Waals surface area contributed by atoms with Crippen molar-refractivity contribution in [3.63, 3.8) is 0 Å². The van der Waals surface area contributed by atoms with E-state index in [-0.39, 0.29) is 0 Å². The molecule has 146 valence electrons. The summed E-state index contributed by atoms with van der Waals surface area (Å²) in [5.41, 5.74) is 3.55. The van der Waals surface area contributed by atoms with Gasteiger partial charge in [0, 0.05) is 20.4 Å². The van der Waals surface area contributed by atoms with E-state index in [0.717, 1.165) is 21.4 Å². The summed E-state index contributed by atoms with van der Waals surface area (Å²) in [4.78, 5) is 2.38. The Balaban J connectivity index is 1.75. The molecule has 0 aliphatic carbocycles. The van der Waals surface area contributed by atoms with Crippen LogP contribution in [0.5, 0.6) is 11.5 Å². The monoisotopic (exact) mass is 438 g/mol. The zero-order valence-corrected chi connectivity index (χ0v) is 18.4. The number of benzene rings is 3. The second-order valence-electron chi connectivity index (χ2n) is 6.32. The summed E-state index contributed by atoms with van der Waals surface area (Å²) in [6.07, 6.45) is 0. The molecule has 5 heteroatoms. The van der Waals surface area contributed by atoms with Gasteiger partial charge in [-0.25, -0.2) is 0 Å². The van der Waals surface area contributed by atoms with Crippen LogP contribution in [0.3, 0.4) is 0 Å². The van der Waals surface area contributed by atoms with E-state index in [9.17, 15) is 0 Å². The third-order valence-electron chi connectivity index (χ3n) is 4.50. The minimum Gasteiger partial charge on any atom is -0.497 e. The fourth-order valence-corrected chi connectivity index (χ4v) is 5.47. The van der Waals surface area contributed by atoms with Gasteiger partial charge < -0.3 is 9.47 Å². The van der Waals surface area contributed by atoms with Crippen molar-refractivity contribution < 1.29 is 9.47 Å². The highest BCUT2D eigenvalue weighted by molar-refractivity contribution is 8.01. The van der Waals surface area contributed by atoms with Gasteiger partial charge in [-0.1, -0.05) is 35.5 Å². The lowest BCUT2D eigenvalue weighted by molar-refractivity contribution is 0.415. The Hall–Kier alpha value is -2.40. The summed E-state index contributed by atoms with van der Waals surface area (Å²) in [6.45, 7) is 0. The zero-order valence-electron chi connectivity index (χ0n) is 16.0. The number of methoxy groups -OCH3 is 2. The van der Waals surface area contributed by atoms with Gasteiger partial charge in [-0.3, -0.25) is 0 Å². The maximum Gasteiger partial charge on any atom is 0.118 e. The summed E-state index contributed by atoms with van der Waals surface area (Å²) in [5, 5.41) is 0.745. The Kier molecular flexibility index (Phi) is 6.14. The van der Waals surface area contributed by atoms with Crippen LogP contribution in [0, 0.1) is 0 Å². The van der Waals surface area contributed by atoms with Crippen LogP contribution in [0.15, 0.2) is 88.0 Å². The molecule has 0 fully saturated rings. The molecule has 0 radical (unpaired) electrons. The number of thiophene rings is 1. The first-order valence-electron chi connectivity index (χ1n) is 9.02. The summed E-state index contributed by atoms with van der Waals surface area (Å²) in [5.74, 6) is 1.71. The van der Waals surface area contributed by atoms with Gasteiger partial charge >= 0.3 is 0 Å². The molecule has 29 heavy (non-hydrogen) atoms. The molecule has 3 aromatic carbocycles. The smallest absolute Gasteiger partial charge is 0.118 e. The van der Waals surface area contributed by atoms with Crippen LogP contribution >= 0.6 is 34.7 Å². The van der Waals surface area contributed by atoms with Gasteiger partial charge in [0.1, 0.15) is 11.5 Å². The minimum absolute atomic E-state index is 0.745. The normalized spacial score (nSPS) is 10.7. The van der Waals surface area contributed by atoms with Crippen molar-refractivity contribution in [2.45, 2.75) is 9.10 Å².